The first-order valence-corrected chi connectivity index (χ1v) is 11.7. The number of nitrogens with zero attached hydrogens (tertiary/aromatic N) is 2. The number of halogens is 1. The van der Waals surface area contributed by atoms with Crippen LogP contribution in [0.5, 0.6) is 5.75 Å². The van der Waals surface area contributed by atoms with Crippen LogP contribution in [-0.4, -0.2) is 17.5 Å². The highest BCUT2D eigenvalue weighted by Crippen LogP contribution is 2.41. The van der Waals surface area contributed by atoms with E-state index in [1.54, 1.807) is 36.4 Å². The van der Waals surface area contributed by atoms with Gasteiger partial charge in [0, 0.05) is 6.20 Å². The number of carbonyl (C=O) groups excluding carboxylic acids is 1. The number of rotatable bonds is 7. The minimum absolute atomic E-state index is 0.0275. The van der Waals surface area contributed by atoms with Crippen molar-refractivity contribution in [2.75, 3.05) is 11.5 Å². The molecule has 0 fully saturated rings. The van der Waals surface area contributed by atoms with Gasteiger partial charge in [0.15, 0.2) is 5.43 Å². The molecule has 4 aromatic rings. The van der Waals surface area contributed by atoms with Gasteiger partial charge in [-0.25, -0.2) is 4.98 Å². The van der Waals surface area contributed by atoms with Gasteiger partial charge in [-0.1, -0.05) is 55.6 Å². The van der Waals surface area contributed by atoms with Gasteiger partial charge in [0.1, 0.15) is 17.2 Å². The summed E-state index contributed by atoms with van der Waals surface area (Å²) in [5.41, 5.74) is 1.17. The number of amides is 1. The smallest absolute Gasteiger partial charge is 0.296 e. The van der Waals surface area contributed by atoms with Crippen molar-refractivity contribution < 1.29 is 13.9 Å². The van der Waals surface area contributed by atoms with E-state index < -0.39 is 11.9 Å². The topological polar surface area (TPSA) is 72.6 Å². The van der Waals surface area contributed by atoms with Crippen LogP contribution in [0.4, 0.5) is 5.82 Å². The Morgan fingerprint density at radius 3 is 2.71 bits per heavy atom. The third kappa shape index (κ3) is 3.94. The van der Waals surface area contributed by atoms with Crippen LogP contribution in [0.25, 0.3) is 11.0 Å². The van der Waals surface area contributed by atoms with Crippen LogP contribution in [0.2, 0.25) is 5.02 Å². The predicted octanol–water partition coefficient (Wildman–Crippen LogP) is 6.16. The molecule has 34 heavy (non-hydrogen) atoms. The summed E-state index contributed by atoms with van der Waals surface area (Å²) in [6.45, 7) is 2.75. The Hall–Kier alpha value is -3.64. The molecule has 1 unspecified atom stereocenters. The van der Waals surface area contributed by atoms with Crippen molar-refractivity contribution in [3.63, 3.8) is 0 Å². The zero-order chi connectivity index (χ0) is 23.7. The van der Waals surface area contributed by atoms with Gasteiger partial charge in [-0.3, -0.25) is 14.5 Å². The summed E-state index contributed by atoms with van der Waals surface area (Å²) < 4.78 is 11.9. The fraction of sp³-hybridized carbons (Fsp3) is 0.222. The minimum atomic E-state index is -0.712. The van der Waals surface area contributed by atoms with Crippen LogP contribution < -0.4 is 15.1 Å². The molecule has 0 saturated heterocycles. The highest BCUT2D eigenvalue weighted by atomic mass is 35.5. The van der Waals surface area contributed by atoms with E-state index in [9.17, 15) is 9.59 Å². The lowest BCUT2D eigenvalue weighted by atomic mass is 9.98. The SMILES string of the molecule is CCCCCOc1cccc(C2c3c(oc4ccccc4c3=O)C(=O)N2c2ccc(Cl)cn2)c1. The number of carbonyl (C=O) groups is 1. The van der Waals surface area contributed by atoms with Crippen molar-refractivity contribution in [3.05, 3.63) is 99.0 Å². The molecule has 172 valence electrons. The number of hydrogen-bond acceptors (Lipinski definition) is 5. The summed E-state index contributed by atoms with van der Waals surface area (Å²) in [6, 6.07) is 17.0. The summed E-state index contributed by atoms with van der Waals surface area (Å²) in [5, 5.41) is 0.879. The minimum Gasteiger partial charge on any atom is -0.494 e. The van der Waals surface area contributed by atoms with Gasteiger partial charge in [-0.05, 0) is 48.4 Å². The number of aromatic nitrogens is 1. The molecule has 6 nitrogen and oxygen atoms in total. The van der Waals surface area contributed by atoms with Crippen molar-refractivity contribution in [1.29, 1.82) is 0 Å². The number of fused-ring (bicyclic) bond motifs is 2. The molecule has 2 aromatic carbocycles. The van der Waals surface area contributed by atoms with Crippen molar-refractivity contribution in [3.8, 4) is 5.75 Å². The van der Waals surface area contributed by atoms with Crippen LogP contribution >= 0.6 is 11.6 Å². The number of anilines is 1. The molecule has 2 aromatic heterocycles. The first-order valence-electron chi connectivity index (χ1n) is 11.3. The number of unbranched alkanes of at least 4 members (excludes halogenated alkanes) is 2. The van der Waals surface area contributed by atoms with E-state index in [4.69, 9.17) is 20.8 Å². The Morgan fingerprint density at radius 1 is 1.06 bits per heavy atom. The molecule has 0 radical (unpaired) electrons. The van der Waals surface area contributed by atoms with Crippen LogP contribution in [0.3, 0.4) is 0 Å². The summed E-state index contributed by atoms with van der Waals surface area (Å²) in [7, 11) is 0. The third-order valence-corrected chi connectivity index (χ3v) is 6.15. The zero-order valence-corrected chi connectivity index (χ0v) is 19.4. The highest BCUT2D eigenvalue weighted by molar-refractivity contribution is 6.30. The van der Waals surface area contributed by atoms with E-state index in [1.165, 1.54) is 11.1 Å². The van der Waals surface area contributed by atoms with E-state index in [0.29, 0.717) is 39.7 Å². The quantitative estimate of drug-likeness (QED) is 0.300. The lowest BCUT2D eigenvalue weighted by molar-refractivity contribution is 0.0970. The van der Waals surface area contributed by atoms with Gasteiger partial charge in [0.2, 0.25) is 5.76 Å². The van der Waals surface area contributed by atoms with Crippen molar-refractivity contribution in [2.24, 2.45) is 0 Å². The first-order chi connectivity index (χ1) is 16.6. The molecule has 0 bridgehead atoms. The second-order valence-electron chi connectivity index (χ2n) is 8.21. The normalized spacial score (nSPS) is 15.1. The molecule has 3 heterocycles. The fourth-order valence-corrected chi connectivity index (χ4v) is 4.41. The summed E-state index contributed by atoms with van der Waals surface area (Å²) in [4.78, 5) is 33.0. The number of hydrogen-bond donors (Lipinski definition) is 0. The molecular formula is C27H23ClN2O4. The summed E-state index contributed by atoms with van der Waals surface area (Å²) in [5.74, 6) is 0.666. The second-order valence-corrected chi connectivity index (χ2v) is 8.65. The Kier molecular flexibility index (Phi) is 6.07. The van der Waals surface area contributed by atoms with Gasteiger partial charge >= 0.3 is 0 Å². The Morgan fingerprint density at radius 2 is 1.91 bits per heavy atom. The molecular weight excluding hydrogens is 452 g/mol. The number of para-hydroxylation sites is 1. The average Bonchev–Trinajstić information content (AvgIpc) is 3.15. The standard InChI is InChI=1S/C27H23ClN2O4/c1-2-3-6-14-33-19-9-7-8-17(15-19)24-23-25(31)20-10-4-5-11-21(20)34-26(23)27(32)30(24)22-13-12-18(28)16-29-22/h4-5,7-13,15-16,24H,2-3,6,14H2,1H3. The van der Waals surface area contributed by atoms with Gasteiger partial charge in [-0.2, -0.15) is 0 Å². The predicted molar refractivity (Wildman–Crippen MR) is 132 cm³/mol. The number of ether oxygens (including phenoxy) is 1. The first kappa shape index (κ1) is 22.2. The molecule has 1 atom stereocenters. The van der Waals surface area contributed by atoms with E-state index >= 15 is 0 Å². The molecule has 7 heteroatoms. The van der Waals surface area contributed by atoms with E-state index in [1.807, 2.05) is 24.3 Å². The maximum absolute atomic E-state index is 13.6. The molecule has 1 aliphatic rings. The molecule has 0 aliphatic carbocycles. The summed E-state index contributed by atoms with van der Waals surface area (Å²) >= 11 is 6.03. The average molecular weight is 475 g/mol. The van der Waals surface area contributed by atoms with Crippen molar-refractivity contribution in [1.82, 2.24) is 4.98 Å². The third-order valence-electron chi connectivity index (χ3n) is 5.93. The number of benzene rings is 2. The van der Waals surface area contributed by atoms with E-state index in [-0.39, 0.29) is 11.2 Å². The largest absolute Gasteiger partial charge is 0.494 e. The van der Waals surface area contributed by atoms with Crippen LogP contribution in [-0.2, 0) is 0 Å². The molecule has 5 rings (SSSR count). The molecule has 0 N–H and O–H groups in total. The Labute approximate surface area is 201 Å². The molecule has 1 aliphatic heterocycles. The highest BCUT2D eigenvalue weighted by Gasteiger charge is 2.44. The maximum atomic E-state index is 13.6. The lowest BCUT2D eigenvalue weighted by Gasteiger charge is -2.24. The van der Waals surface area contributed by atoms with Crippen molar-refractivity contribution >= 4 is 34.3 Å². The monoisotopic (exact) mass is 474 g/mol. The lowest BCUT2D eigenvalue weighted by Crippen LogP contribution is -2.30. The molecule has 0 spiro atoms. The summed E-state index contributed by atoms with van der Waals surface area (Å²) in [6.07, 6.45) is 4.64. The Bertz CT molecular complexity index is 1410. The van der Waals surface area contributed by atoms with E-state index in [0.717, 1.165) is 24.8 Å². The maximum Gasteiger partial charge on any atom is 0.296 e. The zero-order valence-electron chi connectivity index (χ0n) is 18.7. The fourth-order valence-electron chi connectivity index (χ4n) is 4.30. The van der Waals surface area contributed by atoms with E-state index in [2.05, 4.69) is 11.9 Å². The van der Waals surface area contributed by atoms with Crippen LogP contribution in [0, 0.1) is 0 Å². The molecule has 1 amide bonds. The van der Waals surface area contributed by atoms with Gasteiger partial charge < -0.3 is 9.15 Å². The van der Waals surface area contributed by atoms with Crippen LogP contribution in [0.15, 0.2) is 76.1 Å². The second kappa shape index (κ2) is 9.31. The van der Waals surface area contributed by atoms with Gasteiger partial charge in [0.05, 0.1) is 28.6 Å². The van der Waals surface area contributed by atoms with Crippen molar-refractivity contribution in [2.45, 2.75) is 32.2 Å². The van der Waals surface area contributed by atoms with Gasteiger partial charge in [-0.15, -0.1) is 0 Å². The molecule has 0 saturated carbocycles. The Balaban J connectivity index is 1.65. The van der Waals surface area contributed by atoms with Gasteiger partial charge in [0.25, 0.3) is 5.91 Å². The number of pyridine rings is 1. The van der Waals surface area contributed by atoms with Crippen LogP contribution in [0.1, 0.15) is 53.9 Å².